The van der Waals surface area contributed by atoms with Crippen molar-refractivity contribution in [3.8, 4) is 11.5 Å². The van der Waals surface area contributed by atoms with Crippen LogP contribution in [-0.2, 0) is 11.3 Å². The first-order chi connectivity index (χ1) is 18.9. The van der Waals surface area contributed by atoms with Crippen LogP contribution in [0.15, 0.2) is 59.5 Å². The maximum atomic E-state index is 15.1. The first-order valence-electron chi connectivity index (χ1n) is 11.5. The number of rotatable bonds is 8. The lowest BCUT2D eigenvalue weighted by Crippen LogP contribution is -2.44. The van der Waals surface area contributed by atoms with Crippen molar-refractivity contribution in [1.29, 1.82) is 0 Å². The fourth-order valence-electron chi connectivity index (χ4n) is 4.26. The molecule has 2 amide bonds. The SMILES string of the molecule is COc1ccc([C@@H]2CN(c3ccnn(CC(F)F)c3=O)C(=O)[C@H]2NC(=O)c2ccc(OC(F)(F)F)cc2)c(F)c1. The fourth-order valence-corrected chi connectivity index (χ4v) is 4.26. The highest BCUT2D eigenvalue weighted by molar-refractivity contribution is 6.04. The van der Waals surface area contributed by atoms with Gasteiger partial charge in [-0.25, -0.2) is 17.9 Å². The Hall–Kier alpha value is -4.56. The van der Waals surface area contributed by atoms with E-state index in [0.29, 0.717) is 4.68 Å². The van der Waals surface area contributed by atoms with Crippen LogP contribution in [0.2, 0.25) is 0 Å². The number of carbonyl (C=O) groups excluding carboxylic acids is 2. The standard InChI is InChI=1S/C25H20F6N4O5/c1-39-15-6-7-16(18(26)10-15)17-11-34(19-8-9-32-35(23(19)37)12-20(27)28)24(38)21(17)33-22(36)13-2-4-14(5-3-13)40-25(29,30)31/h2-10,17,20-21H,11-12H2,1H3,(H,33,36)/t17-,21-/m0/s1. The molecule has 2 atom stereocenters. The third-order valence-electron chi connectivity index (χ3n) is 6.05. The molecule has 0 spiro atoms. The second kappa shape index (κ2) is 11.3. The van der Waals surface area contributed by atoms with Crippen molar-refractivity contribution < 1.29 is 45.4 Å². The van der Waals surface area contributed by atoms with Gasteiger partial charge in [0.25, 0.3) is 17.9 Å². The Labute approximate surface area is 221 Å². The molecule has 0 saturated carbocycles. The van der Waals surface area contributed by atoms with Gasteiger partial charge in [0.15, 0.2) is 0 Å². The molecule has 1 aromatic heterocycles. The summed E-state index contributed by atoms with van der Waals surface area (Å²) in [6.07, 6.45) is -6.80. The summed E-state index contributed by atoms with van der Waals surface area (Å²) in [6, 6.07) is 7.35. The Kier molecular flexibility index (Phi) is 8.02. The van der Waals surface area contributed by atoms with Crippen LogP contribution in [-0.4, -0.2) is 54.1 Å². The number of benzene rings is 2. The molecule has 15 heteroatoms. The zero-order valence-electron chi connectivity index (χ0n) is 20.5. The van der Waals surface area contributed by atoms with Crippen molar-refractivity contribution in [3.05, 3.63) is 82.0 Å². The third kappa shape index (κ3) is 6.18. The number of hydrogen-bond donors (Lipinski definition) is 1. The third-order valence-corrected chi connectivity index (χ3v) is 6.05. The monoisotopic (exact) mass is 570 g/mol. The molecule has 9 nitrogen and oxygen atoms in total. The minimum atomic E-state index is -4.94. The summed E-state index contributed by atoms with van der Waals surface area (Å²) >= 11 is 0. The average Bonchev–Trinajstić information content (AvgIpc) is 3.19. The van der Waals surface area contributed by atoms with Crippen LogP contribution in [0.1, 0.15) is 21.8 Å². The van der Waals surface area contributed by atoms with E-state index in [-0.39, 0.29) is 29.1 Å². The number of halogens is 6. The normalized spacial score (nSPS) is 17.3. The Morgan fingerprint density at radius 3 is 2.38 bits per heavy atom. The van der Waals surface area contributed by atoms with Gasteiger partial charge in [-0.05, 0) is 42.0 Å². The largest absolute Gasteiger partial charge is 0.573 e. The van der Waals surface area contributed by atoms with Gasteiger partial charge in [-0.1, -0.05) is 6.07 Å². The van der Waals surface area contributed by atoms with Crippen LogP contribution in [0.5, 0.6) is 11.5 Å². The Morgan fingerprint density at radius 2 is 1.77 bits per heavy atom. The molecule has 0 radical (unpaired) electrons. The molecular formula is C25H20F6N4O5. The van der Waals surface area contributed by atoms with Crippen LogP contribution >= 0.6 is 0 Å². The lowest BCUT2D eigenvalue weighted by atomic mass is 9.93. The van der Waals surface area contributed by atoms with Crippen molar-refractivity contribution in [2.45, 2.75) is 31.3 Å². The van der Waals surface area contributed by atoms with Crippen LogP contribution < -0.4 is 25.2 Å². The van der Waals surface area contributed by atoms with E-state index in [1.165, 1.54) is 19.2 Å². The van der Waals surface area contributed by atoms with E-state index in [4.69, 9.17) is 4.74 Å². The first kappa shape index (κ1) is 28.4. The molecule has 1 N–H and O–H groups in total. The fraction of sp³-hybridized carbons (Fsp3) is 0.280. The van der Waals surface area contributed by atoms with E-state index in [0.717, 1.165) is 47.5 Å². The van der Waals surface area contributed by atoms with Crippen LogP contribution in [0.25, 0.3) is 0 Å². The minimum Gasteiger partial charge on any atom is -0.497 e. The topological polar surface area (TPSA) is 103 Å². The molecule has 212 valence electrons. The van der Waals surface area contributed by atoms with E-state index < -0.39 is 60.2 Å². The van der Waals surface area contributed by atoms with Gasteiger partial charge >= 0.3 is 6.36 Å². The van der Waals surface area contributed by atoms with Gasteiger partial charge in [-0.2, -0.15) is 5.10 Å². The highest BCUT2D eigenvalue weighted by atomic mass is 19.4. The predicted octanol–water partition coefficient (Wildman–Crippen LogP) is 3.48. The van der Waals surface area contributed by atoms with Crippen molar-refractivity contribution >= 4 is 17.5 Å². The number of ether oxygens (including phenoxy) is 2. The molecule has 4 rings (SSSR count). The summed E-state index contributed by atoms with van der Waals surface area (Å²) in [6.45, 7) is -1.35. The molecule has 3 aromatic rings. The average molecular weight is 570 g/mol. The summed E-state index contributed by atoms with van der Waals surface area (Å²) < 4.78 is 87.4. The zero-order chi connectivity index (χ0) is 29.2. The van der Waals surface area contributed by atoms with E-state index in [1.54, 1.807) is 0 Å². The van der Waals surface area contributed by atoms with Crippen molar-refractivity contribution in [1.82, 2.24) is 15.1 Å². The van der Waals surface area contributed by atoms with Gasteiger partial charge in [-0.3, -0.25) is 14.4 Å². The summed E-state index contributed by atoms with van der Waals surface area (Å²) in [4.78, 5) is 40.2. The number of aromatic nitrogens is 2. The van der Waals surface area contributed by atoms with E-state index in [9.17, 15) is 36.3 Å². The van der Waals surface area contributed by atoms with Crippen molar-refractivity contribution in [3.63, 3.8) is 0 Å². The van der Waals surface area contributed by atoms with Crippen molar-refractivity contribution in [2.24, 2.45) is 0 Å². The number of nitrogens with one attached hydrogen (secondary N) is 1. The molecular weight excluding hydrogens is 550 g/mol. The van der Waals surface area contributed by atoms with E-state index >= 15 is 4.39 Å². The summed E-state index contributed by atoms with van der Waals surface area (Å²) in [5.74, 6) is -3.99. The lowest BCUT2D eigenvalue weighted by molar-refractivity contribution is -0.274. The number of nitrogens with zero attached hydrogens (tertiary/aromatic N) is 3. The molecule has 40 heavy (non-hydrogen) atoms. The second-order valence-corrected chi connectivity index (χ2v) is 8.56. The highest BCUT2D eigenvalue weighted by Gasteiger charge is 2.45. The molecule has 1 aliphatic heterocycles. The lowest BCUT2D eigenvalue weighted by Gasteiger charge is -2.19. The van der Waals surface area contributed by atoms with Gasteiger partial charge in [-0.15, -0.1) is 13.2 Å². The Morgan fingerprint density at radius 1 is 1.10 bits per heavy atom. The van der Waals surface area contributed by atoms with E-state index in [2.05, 4.69) is 15.2 Å². The number of methoxy groups -OCH3 is 1. The van der Waals surface area contributed by atoms with Gasteiger partial charge in [0, 0.05) is 30.3 Å². The van der Waals surface area contributed by atoms with Gasteiger partial charge < -0.3 is 19.7 Å². The van der Waals surface area contributed by atoms with Gasteiger partial charge in [0.1, 0.15) is 35.6 Å². The predicted molar refractivity (Wildman–Crippen MR) is 127 cm³/mol. The quantitative estimate of drug-likeness (QED) is 0.416. The molecule has 2 heterocycles. The molecule has 2 aromatic carbocycles. The number of carbonyl (C=O) groups is 2. The van der Waals surface area contributed by atoms with Crippen LogP contribution in [0, 0.1) is 5.82 Å². The molecule has 0 aliphatic carbocycles. The Bertz CT molecular complexity index is 1460. The number of alkyl halides is 5. The smallest absolute Gasteiger partial charge is 0.497 e. The second-order valence-electron chi connectivity index (χ2n) is 8.56. The summed E-state index contributed by atoms with van der Waals surface area (Å²) in [5, 5.41) is 6.03. The number of anilines is 1. The van der Waals surface area contributed by atoms with Gasteiger partial charge in [0.05, 0.1) is 7.11 Å². The van der Waals surface area contributed by atoms with Crippen LogP contribution in [0.3, 0.4) is 0 Å². The van der Waals surface area contributed by atoms with Crippen molar-refractivity contribution in [2.75, 3.05) is 18.6 Å². The Balaban J connectivity index is 1.68. The minimum absolute atomic E-state index is 0.0159. The molecule has 0 bridgehead atoms. The molecule has 0 unspecified atom stereocenters. The molecule has 1 fully saturated rings. The molecule has 1 aliphatic rings. The zero-order valence-corrected chi connectivity index (χ0v) is 20.5. The first-order valence-corrected chi connectivity index (χ1v) is 11.5. The summed E-state index contributed by atoms with van der Waals surface area (Å²) in [5.41, 5.74) is -1.47. The van der Waals surface area contributed by atoms with Gasteiger partial charge in [0.2, 0.25) is 5.91 Å². The van der Waals surface area contributed by atoms with E-state index in [1.807, 2.05) is 0 Å². The van der Waals surface area contributed by atoms with Crippen LogP contribution in [0.4, 0.5) is 32.0 Å². The summed E-state index contributed by atoms with van der Waals surface area (Å²) in [7, 11) is 1.32. The number of hydrogen-bond acceptors (Lipinski definition) is 6. The maximum Gasteiger partial charge on any atom is 0.573 e. The maximum absolute atomic E-state index is 15.1. The number of amides is 2. The highest BCUT2D eigenvalue weighted by Crippen LogP contribution is 2.34. The molecule has 1 saturated heterocycles.